The van der Waals surface area contributed by atoms with Crippen LogP contribution in [0.25, 0.3) is 11.3 Å². The van der Waals surface area contributed by atoms with Gasteiger partial charge in [-0.3, -0.25) is 4.79 Å². The van der Waals surface area contributed by atoms with E-state index in [9.17, 15) is 4.79 Å². The number of anilines is 4. The van der Waals surface area contributed by atoms with Gasteiger partial charge in [-0.1, -0.05) is 24.3 Å². The van der Waals surface area contributed by atoms with E-state index in [-0.39, 0.29) is 0 Å². The molecule has 5 aromatic rings. The Labute approximate surface area is 279 Å². The van der Waals surface area contributed by atoms with Crippen molar-refractivity contribution < 1.29 is 19.0 Å². The van der Waals surface area contributed by atoms with Crippen LogP contribution in [-0.2, 0) is 24.2 Å². The van der Waals surface area contributed by atoms with E-state index in [4.69, 9.17) is 34.1 Å². The molecule has 48 heavy (non-hydrogen) atoms. The molecule has 11 heteroatoms. The van der Waals surface area contributed by atoms with E-state index in [1.54, 1.807) is 14.2 Å². The summed E-state index contributed by atoms with van der Waals surface area (Å²) in [5, 5.41) is 0. The smallest absolute Gasteiger partial charge is 0.228 e. The van der Waals surface area contributed by atoms with Gasteiger partial charge in [-0.2, -0.15) is 4.98 Å². The number of ether oxygens (including phenoxy) is 3. The van der Waals surface area contributed by atoms with Crippen LogP contribution in [0, 0.1) is 0 Å². The van der Waals surface area contributed by atoms with Gasteiger partial charge in [0.15, 0.2) is 0 Å². The number of aromatic nitrogens is 4. The maximum absolute atomic E-state index is 11.3. The summed E-state index contributed by atoms with van der Waals surface area (Å²) >= 11 is 0. The second-order valence-corrected chi connectivity index (χ2v) is 11.7. The monoisotopic (exact) mass is 643 g/mol. The molecule has 2 aromatic heterocycles. The van der Waals surface area contributed by atoms with Crippen molar-refractivity contribution >= 4 is 29.7 Å². The third kappa shape index (κ3) is 6.63. The molecule has 11 nitrogen and oxygen atoms in total. The molecule has 0 radical (unpaired) electrons. The molecule has 0 amide bonds. The fourth-order valence-electron chi connectivity index (χ4n) is 6.08. The standard InChI is InChI=1S/C37H37N7O4/c1-46-31-11-5-26(6-12-31)23-43(24-27-7-13-32(47-2)14-8-27)36-38-21-29(22-39-36)34-33-15-16-44(30-9-3-28(25-45)4-10-30)35(33)41-37(40-34)42-17-19-48-20-18-42/h3-14,21-22,25H,15-20,23-24H2,1-2H3. The van der Waals surface area contributed by atoms with E-state index in [1.165, 1.54) is 0 Å². The molecular formula is C37H37N7O4. The highest BCUT2D eigenvalue weighted by atomic mass is 16.5. The third-order valence-electron chi connectivity index (χ3n) is 8.71. The molecule has 0 aliphatic carbocycles. The maximum Gasteiger partial charge on any atom is 0.228 e. The van der Waals surface area contributed by atoms with E-state index in [1.807, 2.05) is 60.9 Å². The van der Waals surface area contributed by atoms with Gasteiger partial charge < -0.3 is 28.9 Å². The molecule has 0 atom stereocenters. The molecule has 0 saturated carbocycles. The highest BCUT2D eigenvalue weighted by molar-refractivity contribution is 5.79. The van der Waals surface area contributed by atoms with Crippen LogP contribution in [0.1, 0.15) is 27.0 Å². The Kier molecular flexibility index (Phi) is 9.10. The fourth-order valence-corrected chi connectivity index (χ4v) is 6.08. The van der Waals surface area contributed by atoms with Crippen molar-refractivity contribution in [3.05, 3.63) is 107 Å². The lowest BCUT2D eigenvalue weighted by molar-refractivity contribution is 0.112. The number of hydrogen-bond acceptors (Lipinski definition) is 11. The minimum absolute atomic E-state index is 0.608. The van der Waals surface area contributed by atoms with Gasteiger partial charge in [-0.05, 0) is 66.1 Å². The summed E-state index contributed by atoms with van der Waals surface area (Å²) in [7, 11) is 3.34. The van der Waals surface area contributed by atoms with Crippen molar-refractivity contribution in [2.75, 3.05) is 61.8 Å². The van der Waals surface area contributed by atoms with Crippen molar-refractivity contribution in [3.8, 4) is 22.8 Å². The summed E-state index contributed by atoms with van der Waals surface area (Å²) in [6, 6.07) is 23.7. The van der Waals surface area contributed by atoms with E-state index in [0.29, 0.717) is 56.9 Å². The molecular weight excluding hydrogens is 606 g/mol. The highest BCUT2D eigenvalue weighted by Gasteiger charge is 2.29. The third-order valence-corrected chi connectivity index (χ3v) is 8.71. The molecule has 2 aliphatic rings. The average Bonchev–Trinajstić information content (AvgIpc) is 3.59. The van der Waals surface area contributed by atoms with E-state index in [2.05, 4.69) is 39.0 Å². The first-order valence-corrected chi connectivity index (χ1v) is 16.0. The van der Waals surface area contributed by atoms with Crippen LogP contribution >= 0.6 is 0 Å². The fraction of sp³-hybridized carbons (Fsp3) is 0.270. The number of carbonyl (C=O) groups excluding carboxylic acids is 1. The first-order chi connectivity index (χ1) is 23.6. The number of aldehydes is 1. The summed E-state index contributed by atoms with van der Waals surface area (Å²) < 4.78 is 16.3. The maximum atomic E-state index is 11.3. The van der Waals surface area contributed by atoms with E-state index < -0.39 is 0 Å². The molecule has 244 valence electrons. The van der Waals surface area contributed by atoms with Gasteiger partial charge in [-0.15, -0.1) is 0 Å². The molecule has 7 rings (SSSR count). The van der Waals surface area contributed by atoms with Crippen LogP contribution in [0.2, 0.25) is 0 Å². The van der Waals surface area contributed by atoms with Crippen molar-refractivity contribution in [1.82, 2.24) is 19.9 Å². The number of morpholine rings is 1. The molecule has 2 aliphatic heterocycles. The second kappa shape index (κ2) is 14.1. The van der Waals surface area contributed by atoms with Gasteiger partial charge in [0.2, 0.25) is 11.9 Å². The predicted octanol–water partition coefficient (Wildman–Crippen LogP) is 5.50. The normalized spacial score (nSPS) is 14.0. The first-order valence-electron chi connectivity index (χ1n) is 16.0. The van der Waals surface area contributed by atoms with E-state index in [0.717, 1.165) is 70.2 Å². The van der Waals surface area contributed by atoms with Gasteiger partial charge in [0.1, 0.15) is 23.6 Å². The largest absolute Gasteiger partial charge is 0.497 e. The van der Waals surface area contributed by atoms with Crippen LogP contribution in [0.4, 0.5) is 23.4 Å². The molecule has 4 heterocycles. The molecule has 3 aromatic carbocycles. The SMILES string of the molecule is COc1ccc(CN(Cc2ccc(OC)cc2)c2ncc(-c3nc(N4CCOCC4)nc4c3CCN4c3ccc(C=O)cc3)cn2)cc1. The molecule has 1 saturated heterocycles. The Morgan fingerprint density at radius 2 is 1.40 bits per heavy atom. The topological polar surface area (TPSA) is 106 Å². The van der Waals surface area contributed by atoms with Crippen molar-refractivity contribution in [3.63, 3.8) is 0 Å². The van der Waals surface area contributed by atoms with Crippen LogP contribution in [0.3, 0.4) is 0 Å². The minimum atomic E-state index is 0.608. The lowest BCUT2D eigenvalue weighted by Gasteiger charge is -2.28. The van der Waals surface area contributed by atoms with Crippen LogP contribution in [0.5, 0.6) is 11.5 Å². The minimum Gasteiger partial charge on any atom is -0.497 e. The highest BCUT2D eigenvalue weighted by Crippen LogP contribution is 2.39. The van der Waals surface area contributed by atoms with Crippen LogP contribution in [-0.4, -0.2) is 73.3 Å². The number of fused-ring (bicyclic) bond motifs is 1. The number of hydrogen-bond donors (Lipinski definition) is 0. The van der Waals surface area contributed by atoms with Gasteiger partial charge in [0, 0.05) is 67.5 Å². The van der Waals surface area contributed by atoms with Crippen molar-refractivity contribution in [1.29, 1.82) is 0 Å². The Morgan fingerprint density at radius 1 is 0.792 bits per heavy atom. The lowest BCUT2D eigenvalue weighted by atomic mass is 10.1. The van der Waals surface area contributed by atoms with E-state index >= 15 is 0 Å². The summed E-state index contributed by atoms with van der Waals surface area (Å²) in [5.41, 5.74) is 6.56. The number of methoxy groups -OCH3 is 2. The number of rotatable bonds is 11. The molecule has 0 spiro atoms. The molecule has 0 N–H and O–H groups in total. The Hall–Kier alpha value is -5.55. The van der Waals surface area contributed by atoms with Gasteiger partial charge >= 0.3 is 0 Å². The zero-order chi connectivity index (χ0) is 32.9. The predicted molar refractivity (Wildman–Crippen MR) is 185 cm³/mol. The average molecular weight is 644 g/mol. The zero-order valence-electron chi connectivity index (χ0n) is 27.1. The molecule has 1 fully saturated rings. The van der Waals surface area contributed by atoms with Crippen molar-refractivity contribution in [2.45, 2.75) is 19.5 Å². The number of nitrogens with zero attached hydrogens (tertiary/aromatic N) is 7. The molecule has 0 unspecified atom stereocenters. The summed E-state index contributed by atoms with van der Waals surface area (Å²) in [6.07, 6.45) is 5.36. The second-order valence-electron chi connectivity index (χ2n) is 11.7. The van der Waals surface area contributed by atoms with Crippen LogP contribution in [0.15, 0.2) is 85.2 Å². The summed E-state index contributed by atoms with van der Waals surface area (Å²) in [5.74, 6) is 3.76. The number of carbonyl (C=O) groups is 1. The summed E-state index contributed by atoms with van der Waals surface area (Å²) in [6.45, 7) is 4.65. The zero-order valence-corrected chi connectivity index (χ0v) is 27.1. The Bertz CT molecular complexity index is 1790. The summed E-state index contributed by atoms with van der Waals surface area (Å²) in [4.78, 5) is 37.8. The van der Waals surface area contributed by atoms with Gasteiger partial charge in [0.05, 0.1) is 33.1 Å². The van der Waals surface area contributed by atoms with Crippen LogP contribution < -0.4 is 24.2 Å². The molecule has 0 bridgehead atoms. The number of benzene rings is 3. The first kappa shape index (κ1) is 31.1. The van der Waals surface area contributed by atoms with Gasteiger partial charge in [0.25, 0.3) is 0 Å². The quantitative estimate of drug-likeness (QED) is 0.170. The van der Waals surface area contributed by atoms with Crippen molar-refractivity contribution in [2.24, 2.45) is 0 Å². The Morgan fingerprint density at radius 3 is 1.96 bits per heavy atom. The lowest BCUT2D eigenvalue weighted by Crippen LogP contribution is -2.37. The van der Waals surface area contributed by atoms with Gasteiger partial charge in [-0.25, -0.2) is 15.0 Å². The Balaban J connectivity index is 1.23.